The molecule has 1 aliphatic carbocycles. The molecule has 0 unspecified atom stereocenters. The zero-order valence-corrected chi connectivity index (χ0v) is 16.5. The van der Waals surface area contributed by atoms with Gasteiger partial charge >= 0.3 is 5.63 Å². The molecule has 3 atom stereocenters. The van der Waals surface area contributed by atoms with E-state index >= 15 is 0 Å². The molecule has 2 fully saturated rings. The summed E-state index contributed by atoms with van der Waals surface area (Å²) >= 11 is 1.54. The Bertz CT molecular complexity index is 1230. The van der Waals surface area contributed by atoms with Crippen LogP contribution in [0.1, 0.15) is 0 Å². The highest BCUT2D eigenvalue weighted by Gasteiger charge is 2.56. The van der Waals surface area contributed by atoms with Gasteiger partial charge in [-0.2, -0.15) is 0 Å². The first-order valence-corrected chi connectivity index (χ1v) is 10.4. The Balaban J connectivity index is 1.33. The molecule has 4 heterocycles. The highest BCUT2D eigenvalue weighted by Crippen LogP contribution is 2.49. The quantitative estimate of drug-likeness (QED) is 0.501. The van der Waals surface area contributed by atoms with E-state index in [-0.39, 0.29) is 5.63 Å². The standard InChI is InChI=1S/C21H20N4O2S/c1-23(2)19-15-9-25(10-16(15)19)13-4-3-12-7-14(20(26)27-18(12)8-13)17-11-24-5-6-28-21(24)22-17/h3-8,11,15-16,19H,9-10H2,1-2H3/t15-,16+,19+. The molecule has 4 aromatic rings. The molecule has 28 heavy (non-hydrogen) atoms. The Kier molecular flexibility index (Phi) is 3.31. The van der Waals surface area contributed by atoms with Crippen molar-refractivity contribution in [2.24, 2.45) is 11.8 Å². The molecule has 0 N–H and O–H groups in total. The maximum Gasteiger partial charge on any atom is 0.345 e. The Hall–Kier alpha value is -2.64. The molecular formula is C21H20N4O2S. The van der Waals surface area contributed by atoms with Gasteiger partial charge in [0.2, 0.25) is 0 Å². The minimum absolute atomic E-state index is 0.340. The first kappa shape index (κ1) is 16.3. The highest BCUT2D eigenvalue weighted by atomic mass is 32.1. The summed E-state index contributed by atoms with van der Waals surface area (Å²) in [5.41, 5.74) is 2.59. The second-order valence-electron chi connectivity index (χ2n) is 8.08. The molecule has 142 valence electrons. The minimum Gasteiger partial charge on any atom is -0.422 e. The molecule has 1 aliphatic heterocycles. The fourth-order valence-electron chi connectivity index (χ4n) is 4.80. The Morgan fingerprint density at radius 2 is 2.04 bits per heavy atom. The molecule has 0 radical (unpaired) electrons. The number of imidazole rings is 1. The van der Waals surface area contributed by atoms with Gasteiger partial charge in [-0.05, 0) is 44.1 Å². The first-order chi connectivity index (χ1) is 13.6. The van der Waals surface area contributed by atoms with Gasteiger partial charge < -0.3 is 14.2 Å². The zero-order chi connectivity index (χ0) is 19.0. The van der Waals surface area contributed by atoms with Crippen LogP contribution in [0.2, 0.25) is 0 Å². The van der Waals surface area contributed by atoms with Gasteiger partial charge in [0.25, 0.3) is 0 Å². The molecule has 1 aromatic carbocycles. The molecule has 0 spiro atoms. The van der Waals surface area contributed by atoms with Crippen molar-refractivity contribution in [3.05, 3.63) is 52.5 Å². The van der Waals surface area contributed by atoms with E-state index in [1.807, 2.05) is 40.4 Å². The molecule has 2 aliphatic rings. The Morgan fingerprint density at radius 1 is 1.21 bits per heavy atom. The van der Waals surface area contributed by atoms with Crippen molar-refractivity contribution >= 4 is 33.0 Å². The summed E-state index contributed by atoms with van der Waals surface area (Å²) in [5, 5.41) is 2.89. The summed E-state index contributed by atoms with van der Waals surface area (Å²) < 4.78 is 7.60. The third-order valence-electron chi connectivity index (χ3n) is 6.20. The molecule has 0 bridgehead atoms. The normalized spacial score (nSPS) is 23.8. The third kappa shape index (κ3) is 2.36. The van der Waals surface area contributed by atoms with Crippen molar-refractivity contribution in [2.75, 3.05) is 32.1 Å². The van der Waals surface area contributed by atoms with Crippen LogP contribution in [0.25, 0.3) is 27.2 Å². The van der Waals surface area contributed by atoms with Crippen LogP contribution in [-0.2, 0) is 0 Å². The van der Waals surface area contributed by atoms with Crippen LogP contribution < -0.4 is 10.5 Å². The van der Waals surface area contributed by atoms with E-state index in [2.05, 4.69) is 34.9 Å². The SMILES string of the molecule is CN(C)[C@H]1[C@@H]2CN(c3ccc4cc(-c5cn6ccsc6n5)c(=O)oc4c3)C[C@@H]21. The molecule has 6 nitrogen and oxygen atoms in total. The summed E-state index contributed by atoms with van der Waals surface area (Å²) in [4.78, 5) is 22.8. The van der Waals surface area contributed by atoms with E-state index in [0.717, 1.165) is 47.0 Å². The van der Waals surface area contributed by atoms with Gasteiger partial charge in [0.05, 0.1) is 11.3 Å². The monoisotopic (exact) mass is 392 g/mol. The summed E-state index contributed by atoms with van der Waals surface area (Å²) in [6.45, 7) is 2.15. The number of piperidine rings is 1. The van der Waals surface area contributed by atoms with Crippen molar-refractivity contribution in [1.82, 2.24) is 14.3 Å². The van der Waals surface area contributed by atoms with Crippen LogP contribution in [-0.4, -0.2) is 47.5 Å². The van der Waals surface area contributed by atoms with Crippen molar-refractivity contribution in [3.8, 4) is 11.3 Å². The van der Waals surface area contributed by atoms with Crippen molar-refractivity contribution < 1.29 is 4.42 Å². The summed E-state index contributed by atoms with van der Waals surface area (Å²) in [7, 11) is 4.33. The molecule has 7 heteroatoms. The van der Waals surface area contributed by atoms with Crippen LogP contribution in [0, 0.1) is 11.8 Å². The van der Waals surface area contributed by atoms with Gasteiger partial charge in [-0.15, -0.1) is 11.3 Å². The van der Waals surface area contributed by atoms with E-state index in [4.69, 9.17) is 4.42 Å². The number of hydrogen-bond acceptors (Lipinski definition) is 6. The van der Waals surface area contributed by atoms with E-state index in [1.54, 1.807) is 11.3 Å². The van der Waals surface area contributed by atoms with Crippen LogP contribution in [0.15, 0.2) is 51.3 Å². The number of aromatic nitrogens is 2. The van der Waals surface area contributed by atoms with E-state index in [0.29, 0.717) is 16.8 Å². The number of anilines is 1. The van der Waals surface area contributed by atoms with Crippen molar-refractivity contribution in [1.29, 1.82) is 0 Å². The summed E-state index contributed by atoms with van der Waals surface area (Å²) in [6, 6.07) is 8.79. The van der Waals surface area contributed by atoms with E-state index in [1.165, 1.54) is 0 Å². The minimum atomic E-state index is -0.340. The average molecular weight is 392 g/mol. The maximum atomic E-state index is 12.6. The second-order valence-corrected chi connectivity index (χ2v) is 8.95. The number of nitrogens with zero attached hydrogens (tertiary/aromatic N) is 4. The van der Waals surface area contributed by atoms with Crippen molar-refractivity contribution in [2.45, 2.75) is 6.04 Å². The average Bonchev–Trinajstić information content (AvgIpc) is 3.05. The van der Waals surface area contributed by atoms with Gasteiger partial charge in [-0.25, -0.2) is 9.78 Å². The topological polar surface area (TPSA) is 54.0 Å². The summed E-state index contributed by atoms with van der Waals surface area (Å²) in [6.07, 6.45) is 3.81. The van der Waals surface area contributed by atoms with Crippen LogP contribution in [0.5, 0.6) is 0 Å². The Morgan fingerprint density at radius 3 is 2.79 bits per heavy atom. The van der Waals surface area contributed by atoms with Gasteiger partial charge in [-0.3, -0.25) is 4.40 Å². The van der Waals surface area contributed by atoms with Crippen LogP contribution >= 0.6 is 11.3 Å². The smallest absolute Gasteiger partial charge is 0.345 e. The lowest BCUT2D eigenvalue weighted by Crippen LogP contribution is -2.30. The molecule has 1 saturated heterocycles. The zero-order valence-electron chi connectivity index (χ0n) is 15.7. The fourth-order valence-corrected chi connectivity index (χ4v) is 5.50. The number of benzene rings is 1. The van der Waals surface area contributed by atoms with E-state index < -0.39 is 0 Å². The fraction of sp³-hybridized carbons (Fsp3) is 0.333. The van der Waals surface area contributed by atoms with Crippen molar-refractivity contribution in [3.63, 3.8) is 0 Å². The lowest BCUT2D eigenvalue weighted by atomic mass is 10.1. The lowest BCUT2D eigenvalue weighted by molar-refractivity contribution is 0.357. The molecular weight excluding hydrogens is 372 g/mol. The number of thiazole rings is 1. The largest absolute Gasteiger partial charge is 0.422 e. The van der Waals surface area contributed by atoms with Crippen LogP contribution in [0.3, 0.4) is 0 Å². The Labute approximate surface area is 165 Å². The van der Waals surface area contributed by atoms with Gasteiger partial charge in [0, 0.05) is 54.0 Å². The first-order valence-electron chi connectivity index (χ1n) is 9.50. The molecule has 3 aromatic heterocycles. The molecule has 6 rings (SSSR count). The van der Waals surface area contributed by atoms with E-state index in [9.17, 15) is 4.79 Å². The number of rotatable bonds is 3. The summed E-state index contributed by atoms with van der Waals surface area (Å²) in [5.74, 6) is 1.52. The highest BCUT2D eigenvalue weighted by molar-refractivity contribution is 7.15. The number of fused-ring (bicyclic) bond motifs is 3. The predicted molar refractivity (Wildman–Crippen MR) is 111 cm³/mol. The predicted octanol–water partition coefficient (Wildman–Crippen LogP) is 3.17. The maximum absolute atomic E-state index is 12.6. The van der Waals surface area contributed by atoms with Gasteiger partial charge in [-0.1, -0.05) is 0 Å². The van der Waals surface area contributed by atoms with Crippen LogP contribution in [0.4, 0.5) is 5.69 Å². The van der Waals surface area contributed by atoms with Gasteiger partial charge in [0.1, 0.15) is 5.58 Å². The third-order valence-corrected chi connectivity index (χ3v) is 6.97. The second kappa shape index (κ2) is 5.68. The lowest BCUT2D eigenvalue weighted by Gasteiger charge is -2.24. The van der Waals surface area contributed by atoms with Gasteiger partial charge in [0.15, 0.2) is 4.96 Å². The molecule has 1 saturated carbocycles. The number of hydrogen-bond donors (Lipinski definition) is 0. The molecule has 0 amide bonds.